The molecular weight excluding hydrogens is 430 g/mol. The van der Waals surface area contributed by atoms with Gasteiger partial charge >= 0.3 is 0 Å². The number of hydrogen-bond donors (Lipinski definition) is 1. The molecule has 0 fully saturated rings. The average molecular weight is 448 g/mol. The second kappa shape index (κ2) is 6.17. The Morgan fingerprint density at radius 2 is 1.93 bits per heavy atom. The molecule has 0 spiro atoms. The van der Waals surface area contributed by atoms with Crippen LogP contribution >= 0.6 is 15.9 Å². The van der Waals surface area contributed by atoms with E-state index in [1.807, 2.05) is 4.90 Å². The molecule has 0 amide bonds. The quantitative estimate of drug-likeness (QED) is 0.777. The molecule has 4 rings (SSSR count). The summed E-state index contributed by atoms with van der Waals surface area (Å²) in [5.74, 6) is 0.276. The molecule has 6 nitrogen and oxygen atoms in total. The summed E-state index contributed by atoms with van der Waals surface area (Å²) >= 11 is 3.26. The summed E-state index contributed by atoms with van der Waals surface area (Å²) in [7, 11) is -3.78. The zero-order valence-electron chi connectivity index (χ0n) is 14.9. The van der Waals surface area contributed by atoms with E-state index in [1.54, 1.807) is 36.4 Å². The van der Waals surface area contributed by atoms with Crippen LogP contribution in [0.4, 0.5) is 11.4 Å². The minimum absolute atomic E-state index is 0.0226. The highest BCUT2D eigenvalue weighted by molar-refractivity contribution is 9.10. The number of carbonyl (C=O) groups excluding carboxylic acids is 1. The molecule has 0 aliphatic carbocycles. The number of ketones is 1. The highest BCUT2D eigenvalue weighted by Crippen LogP contribution is 2.37. The summed E-state index contributed by atoms with van der Waals surface area (Å²) in [6, 6.07) is 11.6. The molecule has 2 aromatic rings. The lowest BCUT2D eigenvalue weighted by molar-refractivity contribution is 0.106. The zero-order valence-corrected chi connectivity index (χ0v) is 17.3. The molecule has 140 valence electrons. The van der Waals surface area contributed by atoms with Gasteiger partial charge in [0.15, 0.2) is 5.84 Å². The van der Waals surface area contributed by atoms with Crippen molar-refractivity contribution in [3.8, 4) is 0 Å². The van der Waals surface area contributed by atoms with Crippen LogP contribution in [0.1, 0.15) is 24.2 Å². The van der Waals surface area contributed by atoms with Gasteiger partial charge in [-0.25, -0.2) is 8.42 Å². The lowest BCUT2D eigenvalue weighted by Gasteiger charge is -2.34. The van der Waals surface area contributed by atoms with Gasteiger partial charge in [0, 0.05) is 28.7 Å². The first-order chi connectivity index (χ1) is 12.7. The number of carbonyl (C=O) groups is 1. The van der Waals surface area contributed by atoms with Gasteiger partial charge in [0.05, 0.1) is 11.3 Å². The standard InChI is InChI=1S/C19H18BrN3O3S/c1-19(2)10-21-18-17(24)13-9-12(7-8-15(13)23(18)11-19)22-27(25,26)16-6-4-3-5-14(16)20/h3-9,22H,10-11H2,1-2H3. The van der Waals surface area contributed by atoms with Gasteiger partial charge in [0.2, 0.25) is 5.78 Å². The largest absolute Gasteiger partial charge is 0.322 e. The van der Waals surface area contributed by atoms with Crippen LogP contribution in [0.5, 0.6) is 0 Å². The van der Waals surface area contributed by atoms with Gasteiger partial charge in [-0.1, -0.05) is 26.0 Å². The zero-order chi connectivity index (χ0) is 19.4. The van der Waals surface area contributed by atoms with Crippen molar-refractivity contribution < 1.29 is 13.2 Å². The van der Waals surface area contributed by atoms with Crippen molar-refractivity contribution in [2.24, 2.45) is 10.4 Å². The van der Waals surface area contributed by atoms with E-state index in [2.05, 4.69) is 39.5 Å². The van der Waals surface area contributed by atoms with Gasteiger partial charge in [-0.3, -0.25) is 14.5 Å². The van der Waals surface area contributed by atoms with Gasteiger partial charge in [-0.15, -0.1) is 0 Å². The summed E-state index contributed by atoms with van der Waals surface area (Å²) < 4.78 is 28.4. The third kappa shape index (κ3) is 3.17. The highest BCUT2D eigenvalue weighted by atomic mass is 79.9. The van der Waals surface area contributed by atoms with Crippen LogP contribution in [-0.4, -0.2) is 33.1 Å². The number of nitrogens with one attached hydrogen (secondary N) is 1. The van der Waals surface area contributed by atoms with Crippen LogP contribution in [0.3, 0.4) is 0 Å². The van der Waals surface area contributed by atoms with Gasteiger partial charge in [0.25, 0.3) is 10.0 Å². The highest BCUT2D eigenvalue weighted by Gasteiger charge is 2.40. The predicted octanol–water partition coefficient (Wildman–Crippen LogP) is 3.69. The van der Waals surface area contributed by atoms with Crippen LogP contribution in [0, 0.1) is 5.41 Å². The summed E-state index contributed by atoms with van der Waals surface area (Å²) in [6.07, 6.45) is 0. The van der Waals surface area contributed by atoms with Crippen molar-refractivity contribution in [3.05, 3.63) is 52.5 Å². The monoisotopic (exact) mass is 447 g/mol. The lowest BCUT2D eigenvalue weighted by Crippen LogP contribution is -2.44. The first-order valence-corrected chi connectivity index (χ1v) is 10.7. The molecule has 2 aromatic carbocycles. The maximum atomic E-state index is 12.7. The number of fused-ring (bicyclic) bond motifs is 3. The Morgan fingerprint density at radius 1 is 1.19 bits per heavy atom. The normalized spacial score (nSPS) is 18.0. The van der Waals surface area contributed by atoms with Crippen molar-refractivity contribution >= 4 is 48.9 Å². The van der Waals surface area contributed by atoms with Crippen molar-refractivity contribution in [3.63, 3.8) is 0 Å². The Kier molecular flexibility index (Phi) is 4.16. The molecule has 0 bridgehead atoms. The third-order valence-corrected chi connectivity index (χ3v) is 7.01. The van der Waals surface area contributed by atoms with E-state index in [9.17, 15) is 13.2 Å². The van der Waals surface area contributed by atoms with E-state index >= 15 is 0 Å². The topological polar surface area (TPSA) is 78.8 Å². The number of Topliss-reactive ketones (excluding diaryl/α,β-unsaturated/α-hetero) is 1. The molecule has 8 heteroatoms. The molecular formula is C19H18BrN3O3S. The van der Waals surface area contributed by atoms with Crippen LogP contribution in [0.25, 0.3) is 0 Å². The molecule has 1 N–H and O–H groups in total. The minimum Gasteiger partial charge on any atom is -0.322 e. The van der Waals surface area contributed by atoms with Crippen molar-refractivity contribution in [2.75, 3.05) is 22.7 Å². The summed E-state index contributed by atoms with van der Waals surface area (Å²) in [5, 5.41) is 0. The maximum absolute atomic E-state index is 12.7. The van der Waals surface area contributed by atoms with E-state index in [0.717, 1.165) is 5.69 Å². The lowest BCUT2D eigenvalue weighted by atomic mass is 9.91. The van der Waals surface area contributed by atoms with Crippen LogP contribution in [-0.2, 0) is 10.0 Å². The summed E-state index contributed by atoms with van der Waals surface area (Å²) in [4.78, 5) is 19.2. The fourth-order valence-electron chi connectivity index (χ4n) is 3.33. The number of hydrogen-bond acceptors (Lipinski definition) is 5. The van der Waals surface area contributed by atoms with Crippen LogP contribution in [0.15, 0.2) is 56.8 Å². The van der Waals surface area contributed by atoms with Crippen LogP contribution in [0.2, 0.25) is 0 Å². The fourth-order valence-corrected chi connectivity index (χ4v) is 5.38. The molecule has 0 aromatic heterocycles. The molecule has 0 atom stereocenters. The average Bonchev–Trinajstić information content (AvgIpc) is 2.85. The van der Waals surface area contributed by atoms with Gasteiger partial charge < -0.3 is 4.90 Å². The van der Waals surface area contributed by atoms with Crippen molar-refractivity contribution in [1.82, 2.24) is 0 Å². The molecule has 0 radical (unpaired) electrons. The molecule has 0 unspecified atom stereocenters. The second-order valence-electron chi connectivity index (χ2n) is 7.49. The number of aliphatic imine (C=N–C) groups is 1. The Labute approximate surface area is 166 Å². The van der Waals surface area contributed by atoms with E-state index in [1.165, 1.54) is 6.07 Å². The Hall–Kier alpha value is -2.19. The third-order valence-electron chi connectivity index (χ3n) is 4.61. The molecule has 2 aliphatic rings. The SMILES string of the molecule is CC1(C)CN=C2C(=O)c3cc(NS(=O)(=O)c4ccccc4Br)ccc3N2C1. The first-order valence-electron chi connectivity index (χ1n) is 8.46. The number of nitrogens with zero attached hydrogens (tertiary/aromatic N) is 2. The number of rotatable bonds is 3. The minimum atomic E-state index is -3.78. The Morgan fingerprint density at radius 3 is 2.67 bits per heavy atom. The van der Waals surface area contributed by atoms with E-state index in [0.29, 0.717) is 34.6 Å². The van der Waals surface area contributed by atoms with Gasteiger partial charge in [-0.2, -0.15) is 0 Å². The summed E-state index contributed by atoms with van der Waals surface area (Å²) in [5.41, 5.74) is 1.57. The fraction of sp³-hybridized carbons (Fsp3) is 0.263. The Balaban J connectivity index is 1.69. The number of sulfonamides is 1. The van der Waals surface area contributed by atoms with Crippen molar-refractivity contribution in [2.45, 2.75) is 18.7 Å². The molecule has 27 heavy (non-hydrogen) atoms. The number of halogens is 1. The van der Waals surface area contributed by atoms with Gasteiger partial charge in [-0.05, 0) is 46.3 Å². The summed E-state index contributed by atoms with van der Waals surface area (Å²) in [6.45, 7) is 5.51. The molecule has 0 saturated heterocycles. The smallest absolute Gasteiger partial charge is 0.263 e. The molecule has 2 aliphatic heterocycles. The number of anilines is 2. The second-order valence-corrected chi connectivity index (χ2v) is 9.99. The van der Waals surface area contributed by atoms with Crippen molar-refractivity contribution in [1.29, 1.82) is 0 Å². The van der Waals surface area contributed by atoms with E-state index in [4.69, 9.17) is 0 Å². The number of amidine groups is 1. The molecule has 0 saturated carbocycles. The van der Waals surface area contributed by atoms with E-state index in [-0.39, 0.29) is 16.1 Å². The van der Waals surface area contributed by atoms with Gasteiger partial charge in [0.1, 0.15) is 4.90 Å². The van der Waals surface area contributed by atoms with Crippen LogP contribution < -0.4 is 9.62 Å². The predicted molar refractivity (Wildman–Crippen MR) is 109 cm³/mol. The number of benzene rings is 2. The Bertz CT molecular complexity index is 1090. The van der Waals surface area contributed by atoms with E-state index < -0.39 is 10.0 Å². The molecule has 2 heterocycles. The maximum Gasteiger partial charge on any atom is 0.263 e. The first kappa shape index (κ1) is 18.2.